The Balaban J connectivity index is 1.83. The zero-order chi connectivity index (χ0) is 16.8. The number of nitrogens with one attached hydrogen (secondary N) is 2. The molecule has 0 spiro atoms. The van der Waals surface area contributed by atoms with Crippen molar-refractivity contribution in [2.75, 3.05) is 13.2 Å². The van der Waals surface area contributed by atoms with Crippen LogP contribution in [0.1, 0.15) is 42.5 Å². The van der Waals surface area contributed by atoms with Gasteiger partial charge in [-0.2, -0.15) is 0 Å². The maximum Gasteiger partial charge on any atom is 0.120 e. The normalized spacial score (nSPS) is 22.7. The molecule has 0 unspecified atom stereocenters. The molecule has 2 aromatic carbocycles. The van der Waals surface area contributed by atoms with Crippen LogP contribution in [0.5, 0.6) is 5.75 Å². The van der Waals surface area contributed by atoms with Crippen molar-refractivity contribution >= 4 is 0 Å². The van der Waals surface area contributed by atoms with Crippen LogP contribution in [0.2, 0.25) is 0 Å². The molecular formula is C20H26N2O2. The fourth-order valence-electron chi connectivity index (χ4n) is 3.51. The highest BCUT2D eigenvalue weighted by Gasteiger charge is 2.28. The molecule has 1 heterocycles. The topological polar surface area (TPSA) is 64.5 Å². The van der Waals surface area contributed by atoms with Crippen LogP contribution in [0.3, 0.4) is 0 Å². The lowest BCUT2D eigenvalue weighted by molar-refractivity contribution is 0.219. The van der Waals surface area contributed by atoms with Crippen LogP contribution in [0.4, 0.5) is 0 Å². The number of phenolic OH excluding ortho intramolecular Hbond substituents is 1. The summed E-state index contributed by atoms with van der Waals surface area (Å²) in [6.07, 6.45) is 3.26. The van der Waals surface area contributed by atoms with Crippen molar-refractivity contribution in [1.29, 1.82) is 0 Å². The van der Waals surface area contributed by atoms with Gasteiger partial charge in [-0.25, -0.2) is 0 Å². The summed E-state index contributed by atoms with van der Waals surface area (Å²) in [6, 6.07) is 17.6. The molecule has 3 rings (SSSR count). The maximum absolute atomic E-state index is 10.3. The summed E-state index contributed by atoms with van der Waals surface area (Å²) < 4.78 is 0. The highest BCUT2D eigenvalue weighted by Crippen LogP contribution is 2.31. The first-order valence-electron chi connectivity index (χ1n) is 8.72. The van der Waals surface area contributed by atoms with E-state index in [-0.39, 0.29) is 24.7 Å². The molecule has 0 aliphatic carbocycles. The van der Waals surface area contributed by atoms with Crippen molar-refractivity contribution in [3.8, 4) is 5.75 Å². The van der Waals surface area contributed by atoms with Crippen LogP contribution in [0.25, 0.3) is 0 Å². The fourth-order valence-corrected chi connectivity index (χ4v) is 3.51. The first-order valence-corrected chi connectivity index (χ1v) is 8.72. The largest absolute Gasteiger partial charge is 0.508 e. The van der Waals surface area contributed by atoms with Crippen LogP contribution in [0.15, 0.2) is 54.6 Å². The van der Waals surface area contributed by atoms with E-state index >= 15 is 0 Å². The van der Waals surface area contributed by atoms with Crippen LogP contribution in [-0.4, -0.2) is 29.4 Å². The zero-order valence-corrected chi connectivity index (χ0v) is 13.9. The molecule has 4 N–H and O–H groups in total. The minimum Gasteiger partial charge on any atom is -0.508 e. The Bertz CT molecular complexity index is 633. The molecule has 1 saturated heterocycles. The van der Waals surface area contributed by atoms with Crippen molar-refractivity contribution < 1.29 is 10.2 Å². The van der Waals surface area contributed by atoms with Gasteiger partial charge >= 0.3 is 0 Å². The summed E-state index contributed by atoms with van der Waals surface area (Å²) in [7, 11) is 0. The van der Waals surface area contributed by atoms with Crippen LogP contribution in [-0.2, 0) is 0 Å². The van der Waals surface area contributed by atoms with Gasteiger partial charge in [0.05, 0.1) is 18.7 Å². The first kappa shape index (κ1) is 17.0. The summed E-state index contributed by atoms with van der Waals surface area (Å²) in [5.74, 6) is 0.323. The summed E-state index contributed by atoms with van der Waals surface area (Å²) in [5.41, 5.74) is 2.00. The van der Waals surface area contributed by atoms with E-state index in [2.05, 4.69) is 10.6 Å². The predicted octanol–water partition coefficient (Wildman–Crippen LogP) is 2.90. The number of benzene rings is 2. The first-order chi connectivity index (χ1) is 11.8. The van der Waals surface area contributed by atoms with Crippen LogP contribution >= 0.6 is 0 Å². The Morgan fingerprint density at radius 1 is 1.04 bits per heavy atom. The molecule has 0 bridgehead atoms. The van der Waals surface area contributed by atoms with E-state index in [4.69, 9.17) is 0 Å². The van der Waals surface area contributed by atoms with Crippen molar-refractivity contribution in [2.24, 2.45) is 0 Å². The van der Waals surface area contributed by atoms with E-state index in [1.807, 2.05) is 48.5 Å². The zero-order valence-electron chi connectivity index (χ0n) is 13.9. The standard InChI is InChI=1S/C20H26N2O2/c23-14-18(15-8-2-1-3-9-15)22-17-11-6-7-13-21-20(17)16-10-4-5-12-19(16)24/h1-5,8-10,12,17-18,20-24H,6-7,11,13-14H2/t17-,18-,20+/m0/s1. The lowest BCUT2D eigenvalue weighted by Gasteiger charge is -2.31. The Hall–Kier alpha value is -1.88. The molecule has 0 saturated carbocycles. The number of aliphatic hydroxyl groups is 1. The SMILES string of the molecule is OC[C@H](N[C@H]1CCCCN[C@@H]1c1ccccc1O)c1ccccc1. The van der Waals surface area contributed by atoms with Gasteiger partial charge in [-0.05, 0) is 31.0 Å². The lowest BCUT2D eigenvalue weighted by atomic mass is 9.94. The lowest BCUT2D eigenvalue weighted by Crippen LogP contribution is -2.43. The number of aromatic hydroxyl groups is 1. The number of hydrogen-bond donors (Lipinski definition) is 4. The van der Waals surface area contributed by atoms with Gasteiger partial charge < -0.3 is 20.8 Å². The van der Waals surface area contributed by atoms with Crippen molar-refractivity contribution in [3.63, 3.8) is 0 Å². The minimum atomic E-state index is -0.107. The molecular weight excluding hydrogens is 300 g/mol. The van der Waals surface area contributed by atoms with Crippen molar-refractivity contribution in [1.82, 2.24) is 10.6 Å². The van der Waals surface area contributed by atoms with Crippen molar-refractivity contribution in [3.05, 3.63) is 65.7 Å². The maximum atomic E-state index is 10.3. The van der Waals surface area contributed by atoms with E-state index in [1.165, 1.54) is 0 Å². The Labute approximate surface area is 143 Å². The van der Waals surface area contributed by atoms with Gasteiger partial charge in [0.1, 0.15) is 5.75 Å². The van der Waals surface area contributed by atoms with E-state index in [0.717, 1.165) is 36.9 Å². The van der Waals surface area contributed by atoms with Crippen molar-refractivity contribution in [2.45, 2.75) is 37.4 Å². The highest BCUT2D eigenvalue weighted by molar-refractivity contribution is 5.36. The highest BCUT2D eigenvalue weighted by atomic mass is 16.3. The predicted molar refractivity (Wildman–Crippen MR) is 95.9 cm³/mol. The molecule has 128 valence electrons. The second-order valence-corrected chi connectivity index (χ2v) is 6.41. The quantitative estimate of drug-likeness (QED) is 0.682. The molecule has 2 aromatic rings. The summed E-state index contributed by atoms with van der Waals surface area (Å²) in [4.78, 5) is 0. The molecule has 1 aliphatic heterocycles. The minimum absolute atomic E-state index is 0.0338. The van der Waals surface area contributed by atoms with Gasteiger partial charge in [-0.1, -0.05) is 55.0 Å². The molecule has 0 aromatic heterocycles. The third-order valence-electron chi connectivity index (χ3n) is 4.78. The number of phenols is 1. The molecule has 4 nitrogen and oxygen atoms in total. The number of para-hydroxylation sites is 1. The van der Waals surface area contributed by atoms with Gasteiger partial charge in [-0.3, -0.25) is 0 Å². The van der Waals surface area contributed by atoms with Gasteiger partial charge in [-0.15, -0.1) is 0 Å². The second kappa shape index (κ2) is 8.29. The van der Waals surface area contributed by atoms with Crippen LogP contribution < -0.4 is 10.6 Å². The summed E-state index contributed by atoms with van der Waals surface area (Å²) in [6.45, 7) is 0.986. The second-order valence-electron chi connectivity index (χ2n) is 6.41. The number of aliphatic hydroxyl groups excluding tert-OH is 1. The average Bonchev–Trinajstić information content (AvgIpc) is 2.86. The van der Waals surface area contributed by atoms with E-state index < -0.39 is 0 Å². The van der Waals surface area contributed by atoms with Crippen LogP contribution in [0, 0.1) is 0 Å². The molecule has 0 amide bonds. The summed E-state index contributed by atoms with van der Waals surface area (Å²) in [5, 5.41) is 27.3. The third kappa shape index (κ3) is 3.96. The van der Waals surface area contributed by atoms with Gasteiger partial charge in [0.25, 0.3) is 0 Å². The Morgan fingerprint density at radius 2 is 1.79 bits per heavy atom. The van der Waals surface area contributed by atoms with E-state index in [9.17, 15) is 10.2 Å². The summed E-state index contributed by atoms with van der Waals surface area (Å²) >= 11 is 0. The smallest absolute Gasteiger partial charge is 0.120 e. The van der Waals surface area contributed by atoms with Gasteiger partial charge in [0.15, 0.2) is 0 Å². The molecule has 1 aliphatic rings. The van der Waals surface area contributed by atoms with E-state index in [1.54, 1.807) is 6.07 Å². The number of rotatable bonds is 5. The monoisotopic (exact) mass is 326 g/mol. The molecule has 24 heavy (non-hydrogen) atoms. The number of hydrogen-bond acceptors (Lipinski definition) is 4. The van der Waals surface area contributed by atoms with Gasteiger partial charge in [0, 0.05) is 11.6 Å². The average molecular weight is 326 g/mol. The third-order valence-corrected chi connectivity index (χ3v) is 4.78. The Morgan fingerprint density at radius 3 is 2.54 bits per heavy atom. The van der Waals surface area contributed by atoms with Gasteiger partial charge in [0.2, 0.25) is 0 Å². The fraction of sp³-hybridized carbons (Fsp3) is 0.400. The molecule has 1 fully saturated rings. The molecule has 4 heteroatoms. The van der Waals surface area contributed by atoms with E-state index in [0.29, 0.717) is 5.75 Å². The Kier molecular flexibility index (Phi) is 5.86. The molecule has 3 atom stereocenters. The molecule has 0 radical (unpaired) electrons.